The molecule has 0 saturated heterocycles. The SMILES string of the molecule is CCCc1ccc[n+](C(CC)c2ccccc2)c1. The molecule has 1 heterocycles. The summed E-state index contributed by atoms with van der Waals surface area (Å²) in [6.45, 7) is 4.48. The van der Waals surface area contributed by atoms with E-state index in [4.69, 9.17) is 0 Å². The zero-order chi connectivity index (χ0) is 12.8. The highest BCUT2D eigenvalue weighted by Crippen LogP contribution is 2.15. The Bertz CT molecular complexity index is 476. The van der Waals surface area contributed by atoms with E-state index in [0.29, 0.717) is 6.04 Å². The van der Waals surface area contributed by atoms with E-state index in [1.54, 1.807) is 0 Å². The van der Waals surface area contributed by atoms with Gasteiger partial charge in [-0.25, -0.2) is 0 Å². The summed E-state index contributed by atoms with van der Waals surface area (Å²) in [7, 11) is 0. The molecular formula is C17H22N+. The van der Waals surface area contributed by atoms with Crippen molar-refractivity contribution in [2.45, 2.75) is 39.2 Å². The van der Waals surface area contributed by atoms with Crippen LogP contribution in [0.4, 0.5) is 0 Å². The molecule has 0 spiro atoms. The van der Waals surface area contributed by atoms with Gasteiger partial charge in [0.1, 0.15) is 0 Å². The number of aromatic nitrogens is 1. The lowest BCUT2D eigenvalue weighted by Crippen LogP contribution is -2.39. The smallest absolute Gasteiger partial charge is 0.183 e. The molecule has 0 N–H and O–H groups in total. The molecule has 94 valence electrons. The number of hydrogen-bond donors (Lipinski definition) is 0. The summed E-state index contributed by atoms with van der Waals surface area (Å²) in [5, 5.41) is 0. The fraction of sp³-hybridized carbons (Fsp3) is 0.353. The Hall–Kier alpha value is -1.63. The van der Waals surface area contributed by atoms with Gasteiger partial charge in [-0.15, -0.1) is 0 Å². The minimum Gasteiger partial charge on any atom is -0.198 e. The molecule has 1 atom stereocenters. The topological polar surface area (TPSA) is 3.88 Å². The van der Waals surface area contributed by atoms with E-state index in [9.17, 15) is 0 Å². The fourth-order valence-electron chi connectivity index (χ4n) is 2.47. The van der Waals surface area contributed by atoms with E-state index < -0.39 is 0 Å². The van der Waals surface area contributed by atoms with Crippen molar-refractivity contribution in [3.05, 3.63) is 66.0 Å². The molecule has 1 aromatic carbocycles. The van der Waals surface area contributed by atoms with Crippen LogP contribution in [0.1, 0.15) is 43.9 Å². The maximum atomic E-state index is 2.35. The number of aryl methyl sites for hydroxylation is 1. The minimum absolute atomic E-state index is 0.447. The van der Waals surface area contributed by atoms with E-state index in [-0.39, 0.29) is 0 Å². The molecule has 0 aliphatic heterocycles. The van der Waals surface area contributed by atoms with Gasteiger partial charge in [0, 0.05) is 23.6 Å². The summed E-state index contributed by atoms with van der Waals surface area (Å²) in [5.41, 5.74) is 2.81. The van der Waals surface area contributed by atoms with Crippen LogP contribution in [-0.2, 0) is 6.42 Å². The average molecular weight is 240 g/mol. The van der Waals surface area contributed by atoms with Gasteiger partial charge in [0.25, 0.3) is 0 Å². The van der Waals surface area contributed by atoms with Crippen molar-refractivity contribution in [3.8, 4) is 0 Å². The Kier molecular flexibility index (Phi) is 4.52. The van der Waals surface area contributed by atoms with E-state index in [2.05, 4.69) is 73.3 Å². The molecule has 0 amide bonds. The second-order valence-corrected chi connectivity index (χ2v) is 4.74. The molecule has 0 fully saturated rings. The van der Waals surface area contributed by atoms with Crippen LogP contribution in [0.3, 0.4) is 0 Å². The second kappa shape index (κ2) is 6.34. The van der Waals surface area contributed by atoms with Gasteiger partial charge in [-0.2, -0.15) is 4.57 Å². The Balaban J connectivity index is 2.30. The lowest BCUT2D eigenvalue weighted by Gasteiger charge is -2.11. The van der Waals surface area contributed by atoms with Gasteiger partial charge in [0.05, 0.1) is 0 Å². The molecule has 1 aromatic heterocycles. The molecule has 0 aliphatic carbocycles. The van der Waals surface area contributed by atoms with Crippen LogP contribution in [0.2, 0.25) is 0 Å². The zero-order valence-electron chi connectivity index (χ0n) is 11.3. The number of benzene rings is 1. The predicted molar refractivity (Wildman–Crippen MR) is 75.5 cm³/mol. The maximum absolute atomic E-state index is 2.35. The first-order valence-electron chi connectivity index (χ1n) is 6.89. The van der Waals surface area contributed by atoms with Gasteiger partial charge in [-0.3, -0.25) is 0 Å². The molecular weight excluding hydrogens is 218 g/mol. The third-order valence-electron chi connectivity index (χ3n) is 3.35. The molecule has 1 heteroatoms. The number of hydrogen-bond acceptors (Lipinski definition) is 0. The van der Waals surface area contributed by atoms with E-state index in [0.717, 1.165) is 12.8 Å². The normalized spacial score (nSPS) is 12.3. The van der Waals surface area contributed by atoms with Crippen molar-refractivity contribution >= 4 is 0 Å². The van der Waals surface area contributed by atoms with Crippen molar-refractivity contribution in [2.24, 2.45) is 0 Å². The molecule has 0 radical (unpaired) electrons. The first-order chi connectivity index (χ1) is 8.85. The molecule has 0 saturated carbocycles. The van der Waals surface area contributed by atoms with Crippen LogP contribution in [0.5, 0.6) is 0 Å². The molecule has 18 heavy (non-hydrogen) atoms. The lowest BCUT2D eigenvalue weighted by atomic mass is 10.0. The van der Waals surface area contributed by atoms with Gasteiger partial charge in [-0.05, 0) is 12.5 Å². The molecule has 1 nitrogen and oxygen atoms in total. The monoisotopic (exact) mass is 240 g/mol. The summed E-state index contributed by atoms with van der Waals surface area (Å²) in [4.78, 5) is 0. The molecule has 0 aliphatic rings. The number of nitrogens with zero attached hydrogens (tertiary/aromatic N) is 1. The van der Waals surface area contributed by atoms with E-state index in [1.165, 1.54) is 17.5 Å². The fourth-order valence-corrected chi connectivity index (χ4v) is 2.47. The van der Waals surface area contributed by atoms with Gasteiger partial charge in [-0.1, -0.05) is 50.6 Å². The van der Waals surface area contributed by atoms with E-state index >= 15 is 0 Å². The van der Waals surface area contributed by atoms with Gasteiger partial charge in [0.15, 0.2) is 18.4 Å². The average Bonchev–Trinajstić information content (AvgIpc) is 2.42. The number of pyridine rings is 1. The lowest BCUT2D eigenvalue weighted by molar-refractivity contribution is -0.714. The molecule has 0 bridgehead atoms. The molecule has 2 rings (SSSR count). The summed E-state index contributed by atoms with van der Waals surface area (Å²) in [5.74, 6) is 0. The predicted octanol–water partition coefficient (Wildman–Crippen LogP) is 3.93. The van der Waals surface area contributed by atoms with Crippen LogP contribution in [-0.4, -0.2) is 0 Å². The van der Waals surface area contributed by atoms with E-state index in [1.807, 2.05) is 0 Å². The third kappa shape index (κ3) is 2.98. The van der Waals surface area contributed by atoms with Gasteiger partial charge < -0.3 is 0 Å². The van der Waals surface area contributed by atoms with Crippen LogP contribution in [0.25, 0.3) is 0 Å². The quantitative estimate of drug-likeness (QED) is 0.697. The minimum atomic E-state index is 0.447. The molecule has 2 aromatic rings. The van der Waals surface area contributed by atoms with Crippen molar-refractivity contribution in [2.75, 3.05) is 0 Å². The second-order valence-electron chi connectivity index (χ2n) is 4.74. The largest absolute Gasteiger partial charge is 0.198 e. The van der Waals surface area contributed by atoms with Crippen molar-refractivity contribution in [1.82, 2.24) is 0 Å². The zero-order valence-corrected chi connectivity index (χ0v) is 11.3. The van der Waals surface area contributed by atoms with Crippen LogP contribution in [0, 0.1) is 0 Å². The third-order valence-corrected chi connectivity index (χ3v) is 3.35. The maximum Gasteiger partial charge on any atom is 0.183 e. The summed E-state index contributed by atoms with van der Waals surface area (Å²) in [6.07, 6.45) is 7.95. The highest BCUT2D eigenvalue weighted by molar-refractivity contribution is 5.17. The Morgan fingerprint density at radius 3 is 2.44 bits per heavy atom. The van der Waals surface area contributed by atoms with Crippen LogP contribution >= 0.6 is 0 Å². The van der Waals surface area contributed by atoms with Crippen molar-refractivity contribution in [1.29, 1.82) is 0 Å². The molecule has 1 unspecified atom stereocenters. The van der Waals surface area contributed by atoms with Crippen molar-refractivity contribution in [3.63, 3.8) is 0 Å². The standard InChI is InChI=1S/C17H22N/c1-3-9-15-10-8-13-18(14-15)17(4-2)16-11-6-5-7-12-16/h5-8,10-14,17H,3-4,9H2,1-2H3/q+1. The van der Waals surface area contributed by atoms with Crippen LogP contribution < -0.4 is 4.57 Å². The van der Waals surface area contributed by atoms with Gasteiger partial charge >= 0.3 is 0 Å². The Morgan fingerprint density at radius 1 is 1.00 bits per heavy atom. The Morgan fingerprint density at radius 2 is 1.78 bits per heavy atom. The first-order valence-corrected chi connectivity index (χ1v) is 6.89. The highest BCUT2D eigenvalue weighted by Gasteiger charge is 2.18. The highest BCUT2D eigenvalue weighted by atomic mass is 15.0. The summed E-state index contributed by atoms with van der Waals surface area (Å²) < 4.78 is 2.35. The van der Waals surface area contributed by atoms with Crippen LogP contribution in [0.15, 0.2) is 54.9 Å². The number of rotatable bonds is 5. The first kappa shape index (κ1) is 12.8. The summed E-state index contributed by atoms with van der Waals surface area (Å²) >= 11 is 0. The Labute approximate surface area is 110 Å². The van der Waals surface area contributed by atoms with Crippen molar-refractivity contribution < 1.29 is 4.57 Å². The summed E-state index contributed by atoms with van der Waals surface area (Å²) in [6, 6.07) is 15.6. The van der Waals surface area contributed by atoms with Gasteiger partial charge in [0.2, 0.25) is 0 Å².